The van der Waals surface area contributed by atoms with Gasteiger partial charge in [-0.1, -0.05) is 59.6 Å². The van der Waals surface area contributed by atoms with E-state index in [-0.39, 0.29) is 88.4 Å². The second-order valence-electron chi connectivity index (χ2n) is 19.1. The van der Waals surface area contributed by atoms with E-state index in [9.17, 15) is 51.1 Å². The number of aryl methyl sites for hydroxylation is 1. The number of nitrogens with zero attached hydrogens (tertiary/aromatic N) is 6. The molecule has 4 atom stereocenters. The minimum absolute atomic E-state index is 0.0356. The van der Waals surface area contributed by atoms with E-state index in [1.165, 1.54) is 26.0 Å². The number of carbonyl (C=O) groups is 2. The van der Waals surface area contributed by atoms with E-state index in [0.29, 0.717) is 47.9 Å². The van der Waals surface area contributed by atoms with Crippen molar-refractivity contribution in [3.05, 3.63) is 162 Å². The van der Waals surface area contributed by atoms with Gasteiger partial charge in [0, 0.05) is 17.7 Å². The lowest BCUT2D eigenvalue weighted by atomic mass is 9.85. The molecule has 0 fully saturated rings. The molecule has 386 valence electrons. The molecule has 0 saturated heterocycles. The maximum Gasteiger partial charge on any atom is 0.326 e. The maximum atomic E-state index is 12.1. The Hall–Kier alpha value is -8.26. The number of aliphatic hydroxyl groups is 2. The van der Waals surface area contributed by atoms with E-state index < -0.39 is 48.3 Å². The van der Waals surface area contributed by atoms with Crippen LogP contribution in [0.1, 0.15) is 112 Å². The summed E-state index contributed by atoms with van der Waals surface area (Å²) < 4.78 is 25.6. The van der Waals surface area contributed by atoms with Crippen LogP contribution in [0.4, 0.5) is 0 Å². The molecule has 2 heterocycles. The van der Waals surface area contributed by atoms with E-state index in [1.807, 2.05) is 48.5 Å². The number of nitrogens with one attached hydrogen (secondary N) is 1. The van der Waals surface area contributed by atoms with E-state index in [0.717, 1.165) is 33.4 Å². The smallest absolute Gasteiger partial charge is 0.326 e. The second kappa shape index (κ2) is 23.1. The predicted octanol–water partition coefficient (Wildman–Crippen LogP) is 9.17. The van der Waals surface area contributed by atoms with Gasteiger partial charge < -0.3 is 39.4 Å². The Labute approximate surface area is 447 Å². The van der Waals surface area contributed by atoms with Crippen LogP contribution in [0.25, 0.3) is 11.1 Å². The van der Waals surface area contributed by atoms with Gasteiger partial charge in [0.05, 0.1) is 65.2 Å². The van der Waals surface area contributed by atoms with Crippen molar-refractivity contribution < 1.29 is 49.0 Å². The number of aromatic nitrogens is 2. The molecule has 8 rings (SSSR count). The van der Waals surface area contributed by atoms with Gasteiger partial charge in [0.1, 0.15) is 41.0 Å². The molecule has 0 bridgehead atoms. The van der Waals surface area contributed by atoms with Gasteiger partial charge in [0.2, 0.25) is 23.5 Å². The monoisotopic (exact) mass is 1060 g/mol. The van der Waals surface area contributed by atoms with Crippen LogP contribution in [-0.4, -0.2) is 61.1 Å². The summed E-state index contributed by atoms with van der Waals surface area (Å²) in [6, 6.07) is 32.7. The first-order valence-electron chi connectivity index (χ1n) is 24.1. The van der Waals surface area contributed by atoms with Crippen LogP contribution >= 0.6 is 23.2 Å². The van der Waals surface area contributed by atoms with Gasteiger partial charge in [0.15, 0.2) is 0 Å². The Bertz CT molecular complexity index is 3150. The van der Waals surface area contributed by atoms with Gasteiger partial charge in [-0.3, -0.25) is 14.9 Å². The first kappa shape index (κ1) is 54.0. The number of carboxylic acid groups (broad SMARTS) is 2. The highest BCUT2D eigenvalue weighted by Gasteiger charge is 2.36. The summed E-state index contributed by atoms with van der Waals surface area (Å²) in [7, 11) is 0. The average Bonchev–Trinajstić information content (AvgIpc) is 4.05. The van der Waals surface area contributed by atoms with Crippen molar-refractivity contribution in [2.24, 2.45) is 5.41 Å². The molecular formula is C57H49Cl2N7O10. The molecule has 0 unspecified atom stereocenters. The normalized spacial score (nSPS) is 15.8. The number of halogens is 2. The number of nitriles is 4. The highest BCUT2D eigenvalue weighted by atomic mass is 35.5. The quantitative estimate of drug-likeness (QED) is 0.0449. The molecular weight excluding hydrogens is 1010 g/mol. The Balaban J connectivity index is 1.05. The van der Waals surface area contributed by atoms with Crippen molar-refractivity contribution in [3.63, 3.8) is 0 Å². The van der Waals surface area contributed by atoms with Crippen LogP contribution in [0, 0.1) is 50.7 Å². The van der Waals surface area contributed by atoms with Crippen LogP contribution in [0.15, 0.2) is 84.9 Å². The van der Waals surface area contributed by atoms with Gasteiger partial charge in [0.25, 0.3) is 0 Å². The van der Waals surface area contributed by atoms with Crippen LogP contribution in [0.2, 0.25) is 10.0 Å². The summed E-state index contributed by atoms with van der Waals surface area (Å²) in [5, 5.41) is 80.9. The number of aliphatic carboxylic acids is 2. The maximum absolute atomic E-state index is 12.1. The number of benzene rings is 4. The molecule has 0 aliphatic heterocycles. The highest BCUT2D eigenvalue weighted by molar-refractivity contribution is 6.32. The number of rotatable bonds is 21. The molecule has 2 aromatic heterocycles. The zero-order valence-electron chi connectivity index (χ0n) is 41.2. The van der Waals surface area contributed by atoms with Crippen molar-refractivity contribution in [3.8, 4) is 58.9 Å². The summed E-state index contributed by atoms with van der Waals surface area (Å²) in [5.41, 5.74) is 5.87. The highest BCUT2D eigenvalue weighted by Crippen LogP contribution is 2.46. The minimum Gasteiger partial charge on any atom is -0.481 e. The number of ether oxygens (including phenoxy) is 4. The summed E-state index contributed by atoms with van der Waals surface area (Å²) in [4.78, 5) is 33.5. The van der Waals surface area contributed by atoms with Crippen molar-refractivity contribution in [2.45, 2.75) is 89.9 Å². The van der Waals surface area contributed by atoms with Crippen LogP contribution in [0.3, 0.4) is 0 Å². The third-order valence-electron chi connectivity index (χ3n) is 13.7. The number of pyridine rings is 2. The summed E-state index contributed by atoms with van der Waals surface area (Å²) in [5.74, 6) is -2.12. The summed E-state index contributed by atoms with van der Waals surface area (Å²) >= 11 is 13.7. The molecule has 2 aliphatic rings. The van der Waals surface area contributed by atoms with E-state index in [4.69, 9.17) is 47.1 Å². The zero-order chi connectivity index (χ0) is 54.3. The van der Waals surface area contributed by atoms with Crippen LogP contribution in [-0.2, 0) is 48.6 Å². The Kier molecular flexibility index (Phi) is 16.4. The summed E-state index contributed by atoms with van der Waals surface area (Å²) in [6.07, 6.45) is 1.72. The van der Waals surface area contributed by atoms with Gasteiger partial charge in [-0.15, -0.1) is 0 Å². The lowest BCUT2D eigenvalue weighted by Gasteiger charge is -2.24. The molecule has 0 saturated carbocycles. The standard InChI is InChI=1S/C57H49Cl2N7O10/c1-56(30-67,54(69)70)14-13-38-21-46(58)52(65-50(38)73-28-36-17-32(23-60)15-33(18-36)24-61)75-48-11-9-42-40(5-3-7-44(42)48)41-6-4-8-45-43(41)10-12-49(45)76-53-47(59)22-39(27-64-57(2,31-68)55(71)72)51(66-53)74-29-37-19-34(25-62)16-35(20-37)26-63/h3-8,15-22,48-49,64,67-68H,9-14,27-31H2,1-2H3,(H,69,70)(H,71,72)/t48-,49-,56-,57-/m0/s1. The van der Waals surface area contributed by atoms with E-state index in [2.05, 4.69) is 22.4 Å². The molecule has 0 radical (unpaired) electrons. The molecule has 76 heavy (non-hydrogen) atoms. The molecule has 2 aliphatic carbocycles. The SMILES string of the molecule is C[C@@](CO)(CCc1cc(Cl)c(O[C@H]2CCc3c(-c4cccc5c4CC[C@@H]5Oc4nc(OCc5cc(C#N)cc(C#N)c5)c(CN[C@@](C)(CO)C(=O)O)cc4Cl)cccc32)nc1OCc1cc(C#N)cc(C#N)c1)C(=O)O. The molecule has 4 aromatic carbocycles. The number of carboxylic acids is 2. The summed E-state index contributed by atoms with van der Waals surface area (Å²) in [6.45, 7) is 1.17. The Morgan fingerprint density at radius 3 is 1.50 bits per heavy atom. The zero-order valence-corrected chi connectivity index (χ0v) is 42.7. The topological polar surface area (TPSA) is 285 Å². The number of hydrogen-bond donors (Lipinski definition) is 5. The van der Waals surface area contributed by atoms with Crippen LogP contribution < -0.4 is 24.3 Å². The van der Waals surface area contributed by atoms with Crippen molar-refractivity contribution >= 4 is 35.1 Å². The first-order valence-corrected chi connectivity index (χ1v) is 24.8. The lowest BCUT2D eigenvalue weighted by molar-refractivity contribution is -0.150. The van der Waals surface area contributed by atoms with Crippen LogP contribution in [0.5, 0.6) is 23.5 Å². The minimum atomic E-state index is -1.70. The van der Waals surface area contributed by atoms with Gasteiger partial charge in [-0.05, 0) is 145 Å². The van der Waals surface area contributed by atoms with Crippen molar-refractivity contribution in [1.82, 2.24) is 15.3 Å². The third-order valence-corrected chi connectivity index (χ3v) is 14.3. The van der Waals surface area contributed by atoms with Crippen molar-refractivity contribution in [1.29, 1.82) is 21.0 Å². The number of aliphatic hydroxyl groups excluding tert-OH is 2. The second-order valence-corrected chi connectivity index (χ2v) is 19.9. The number of hydrogen-bond acceptors (Lipinski definition) is 15. The fourth-order valence-electron chi connectivity index (χ4n) is 9.23. The lowest BCUT2D eigenvalue weighted by Crippen LogP contribution is -2.52. The first-order chi connectivity index (χ1) is 36.5. The Morgan fingerprint density at radius 1 is 0.645 bits per heavy atom. The molecule has 5 N–H and O–H groups in total. The fraction of sp³-hybridized carbons (Fsp3) is 0.298. The predicted molar refractivity (Wildman–Crippen MR) is 275 cm³/mol. The van der Waals surface area contributed by atoms with Gasteiger partial charge >= 0.3 is 11.9 Å². The molecule has 19 heteroatoms. The van der Waals surface area contributed by atoms with Gasteiger partial charge in [-0.2, -0.15) is 31.0 Å². The molecule has 0 amide bonds. The number of fused-ring (bicyclic) bond motifs is 2. The molecule has 17 nitrogen and oxygen atoms in total. The third kappa shape index (κ3) is 11.7. The fourth-order valence-corrected chi connectivity index (χ4v) is 9.66. The largest absolute Gasteiger partial charge is 0.481 e. The molecule has 0 spiro atoms. The average molecular weight is 1060 g/mol. The molecule has 6 aromatic rings. The van der Waals surface area contributed by atoms with Crippen molar-refractivity contribution in [2.75, 3.05) is 13.2 Å². The van der Waals surface area contributed by atoms with Gasteiger partial charge in [-0.25, -0.2) is 0 Å². The Morgan fingerprint density at radius 2 is 1.09 bits per heavy atom. The van der Waals surface area contributed by atoms with E-state index in [1.54, 1.807) is 36.4 Å². The van der Waals surface area contributed by atoms with E-state index >= 15 is 0 Å².